The summed E-state index contributed by atoms with van der Waals surface area (Å²) in [7, 11) is -2.84. The summed E-state index contributed by atoms with van der Waals surface area (Å²) in [4.78, 5) is 19.9. The van der Waals surface area contributed by atoms with E-state index in [0.29, 0.717) is 5.56 Å². The van der Waals surface area contributed by atoms with Crippen molar-refractivity contribution in [2.24, 2.45) is 0 Å². The average Bonchev–Trinajstić information content (AvgIpc) is 2.20. The van der Waals surface area contributed by atoms with Gasteiger partial charge in [0.2, 0.25) is 6.29 Å². The molecule has 0 aliphatic heterocycles. The molecule has 2 atom stereocenters. The van der Waals surface area contributed by atoms with Crippen LogP contribution in [-0.4, -0.2) is 18.3 Å². The quantitative estimate of drug-likeness (QED) is 0.772. The van der Waals surface area contributed by atoms with E-state index < -0.39 is 13.3 Å². The fourth-order valence-corrected chi connectivity index (χ4v) is 1.96. The first-order valence-corrected chi connectivity index (χ1v) is 5.57. The van der Waals surface area contributed by atoms with Gasteiger partial charge in [-0.2, -0.15) is 0 Å². The first kappa shape index (κ1) is 11.1. The molecule has 0 aliphatic carbocycles. The Kier molecular flexibility index (Phi) is 3.58. The van der Waals surface area contributed by atoms with Crippen LogP contribution in [-0.2, 0) is 13.9 Å². The summed E-state index contributed by atoms with van der Waals surface area (Å²) in [6.45, 7) is 0. The van der Waals surface area contributed by atoms with Crippen LogP contribution in [0, 0.1) is 0 Å². The second kappa shape index (κ2) is 4.51. The van der Waals surface area contributed by atoms with Gasteiger partial charge in [-0.05, 0) is 5.56 Å². The van der Waals surface area contributed by atoms with Crippen LogP contribution in [0.5, 0.6) is 0 Å². The highest BCUT2D eigenvalue weighted by molar-refractivity contribution is 7.54. The topological polar surface area (TPSA) is 63.6 Å². The Balaban J connectivity index is 3.06. The zero-order valence-corrected chi connectivity index (χ0v) is 8.48. The summed E-state index contributed by atoms with van der Waals surface area (Å²) in [6.07, 6.45) is 1.52. The van der Waals surface area contributed by atoms with E-state index in [4.69, 9.17) is 0 Å². The van der Waals surface area contributed by atoms with E-state index in [9.17, 15) is 14.3 Å². The van der Waals surface area contributed by atoms with Crippen LogP contribution in [0.4, 0.5) is 0 Å². The van der Waals surface area contributed by atoms with Crippen molar-refractivity contribution >= 4 is 13.9 Å². The second-order valence-electron chi connectivity index (χ2n) is 2.68. The lowest BCUT2D eigenvalue weighted by atomic mass is 10.2. The van der Waals surface area contributed by atoms with E-state index in [1.54, 1.807) is 30.3 Å². The van der Waals surface area contributed by atoms with Gasteiger partial charge in [0.15, 0.2) is 5.66 Å². The van der Waals surface area contributed by atoms with Crippen LogP contribution < -0.4 is 0 Å². The lowest BCUT2D eigenvalue weighted by Crippen LogP contribution is -2.02. The highest BCUT2D eigenvalue weighted by Gasteiger charge is 2.33. The fourth-order valence-electron chi connectivity index (χ4n) is 1.06. The Bertz CT molecular complexity index is 349. The standard InChI is InChI=1S/C9H10O4P/c1-13-14(11,12)9(7-10)8-5-3-2-4-6-8/h2-6,9H,1H3,(H,11,12). The van der Waals surface area contributed by atoms with Crippen LogP contribution in [0.15, 0.2) is 30.3 Å². The summed E-state index contributed by atoms with van der Waals surface area (Å²) in [5.41, 5.74) is -0.802. The third-order valence-corrected chi connectivity index (χ3v) is 3.39. The van der Waals surface area contributed by atoms with Crippen LogP contribution in [0.1, 0.15) is 11.2 Å². The van der Waals surface area contributed by atoms with E-state index >= 15 is 0 Å². The molecule has 5 heteroatoms. The maximum atomic E-state index is 11.4. The maximum Gasteiger partial charge on any atom is 0.343 e. The third-order valence-electron chi connectivity index (χ3n) is 1.81. The van der Waals surface area contributed by atoms with Crippen molar-refractivity contribution in [1.82, 2.24) is 0 Å². The minimum absolute atomic E-state index is 0.426. The van der Waals surface area contributed by atoms with Crippen molar-refractivity contribution in [3.8, 4) is 0 Å². The van der Waals surface area contributed by atoms with Gasteiger partial charge in [-0.15, -0.1) is 0 Å². The molecule has 1 N–H and O–H groups in total. The minimum Gasteiger partial charge on any atom is -0.324 e. The summed E-state index contributed by atoms with van der Waals surface area (Å²) in [5, 5.41) is 0. The molecule has 1 aromatic rings. The number of rotatable bonds is 4. The Morgan fingerprint density at radius 2 is 2.00 bits per heavy atom. The van der Waals surface area contributed by atoms with Crippen LogP contribution in [0.2, 0.25) is 0 Å². The van der Waals surface area contributed by atoms with Crippen molar-refractivity contribution in [2.45, 2.75) is 5.66 Å². The van der Waals surface area contributed by atoms with Gasteiger partial charge in [0.25, 0.3) is 0 Å². The zero-order valence-electron chi connectivity index (χ0n) is 7.58. The number of hydrogen-bond donors (Lipinski definition) is 1. The minimum atomic E-state index is -3.93. The molecular formula is C9H10O4P. The smallest absolute Gasteiger partial charge is 0.324 e. The predicted molar refractivity (Wildman–Crippen MR) is 51.7 cm³/mol. The molecule has 1 rings (SSSR count). The van der Waals surface area contributed by atoms with Gasteiger partial charge in [0.05, 0.1) is 0 Å². The van der Waals surface area contributed by atoms with Crippen LogP contribution in [0.25, 0.3) is 0 Å². The first-order chi connectivity index (χ1) is 6.61. The molecule has 2 unspecified atom stereocenters. The molecule has 0 saturated heterocycles. The lowest BCUT2D eigenvalue weighted by Gasteiger charge is -2.14. The molecule has 1 radical (unpaired) electrons. The van der Waals surface area contributed by atoms with Crippen molar-refractivity contribution in [3.05, 3.63) is 35.9 Å². The van der Waals surface area contributed by atoms with E-state index in [1.807, 2.05) is 0 Å². The Labute approximate surface area is 82.1 Å². The van der Waals surface area contributed by atoms with Crippen molar-refractivity contribution in [2.75, 3.05) is 7.11 Å². The number of benzene rings is 1. The van der Waals surface area contributed by atoms with Gasteiger partial charge in [-0.25, -0.2) is 0 Å². The molecular weight excluding hydrogens is 203 g/mol. The van der Waals surface area contributed by atoms with Gasteiger partial charge in [0.1, 0.15) is 0 Å². The molecule has 14 heavy (non-hydrogen) atoms. The van der Waals surface area contributed by atoms with E-state index in [1.165, 1.54) is 6.29 Å². The first-order valence-electron chi connectivity index (χ1n) is 3.92. The molecule has 0 fully saturated rings. The van der Waals surface area contributed by atoms with Gasteiger partial charge in [-0.1, -0.05) is 30.3 Å². The van der Waals surface area contributed by atoms with Crippen molar-refractivity contribution < 1.29 is 18.8 Å². The Morgan fingerprint density at radius 1 is 1.43 bits per heavy atom. The summed E-state index contributed by atoms with van der Waals surface area (Å²) in [5.74, 6) is 0. The van der Waals surface area contributed by atoms with Crippen molar-refractivity contribution in [1.29, 1.82) is 0 Å². The van der Waals surface area contributed by atoms with E-state index in [-0.39, 0.29) is 0 Å². The summed E-state index contributed by atoms with van der Waals surface area (Å²) >= 11 is 0. The number of hydrogen-bond acceptors (Lipinski definition) is 3. The van der Waals surface area contributed by atoms with Crippen LogP contribution >= 0.6 is 7.60 Å². The highest BCUT2D eigenvalue weighted by Crippen LogP contribution is 2.54. The molecule has 0 saturated carbocycles. The predicted octanol–water partition coefficient (Wildman–Crippen LogP) is 1.67. The monoisotopic (exact) mass is 213 g/mol. The number of carbonyl (C=O) groups excluding carboxylic acids is 1. The molecule has 4 nitrogen and oxygen atoms in total. The van der Waals surface area contributed by atoms with E-state index in [0.717, 1.165) is 7.11 Å². The molecule has 0 heterocycles. The molecule has 0 bridgehead atoms. The van der Waals surface area contributed by atoms with Gasteiger partial charge >= 0.3 is 7.60 Å². The maximum absolute atomic E-state index is 11.4. The lowest BCUT2D eigenvalue weighted by molar-refractivity contribution is 0.310. The zero-order chi connectivity index (χ0) is 10.6. The molecule has 0 aromatic heterocycles. The van der Waals surface area contributed by atoms with Gasteiger partial charge in [-0.3, -0.25) is 9.36 Å². The molecule has 0 spiro atoms. The fraction of sp³-hybridized carbons (Fsp3) is 0.222. The molecule has 1 aromatic carbocycles. The van der Waals surface area contributed by atoms with Gasteiger partial charge in [0, 0.05) is 7.11 Å². The SMILES string of the molecule is COP(=O)(O)C([C]=O)c1ccccc1. The van der Waals surface area contributed by atoms with Crippen molar-refractivity contribution in [3.63, 3.8) is 0 Å². The van der Waals surface area contributed by atoms with Crippen LogP contribution in [0.3, 0.4) is 0 Å². The molecule has 0 aliphatic rings. The Morgan fingerprint density at radius 3 is 2.43 bits per heavy atom. The molecule has 0 amide bonds. The average molecular weight is 213 g/mol. The largest absolute Gasteiger partial charge is 0.343 e. The highest BCUT2D eigenvalue weighted by atomic mass is 31.2. The second-order valence-corrected chi connectivity index (χ2v) is 4.69. The third kappa shape index (κ3) is 2.29. The normalized spacial score (nSPS) is 17.0. The summed E-state index contributed by atoms with van der Waals surface area (Å²) < 4.78 is 15.8. The summed E-state index contributed by atoms with van der Waals surface area (Å²) in [6, 6.07) is 8.26. The van der Waals surface area contributed by atoms with Gasteiger partial charge < -0.3 is 9.42 Å². The Hall–Kier alpha value is -0.960. The van der Waals surface area contributed by atoms with E-state index in [2.05, 4.69) is 4.52 Å². The molecule has 75 valence electrons.